The monoisotopic (exact) mass is 277 g/mol. The molecule has 2 rings (SSSR count). The first kappa shape index (κ1) is 9.49. The molecule has 0 atom stereocenters. The van der Waals surface area contributed by atoms with Crippen molar-refractivity contribution in [1.82, 2.24) is 0 Å². The summed E-state index contributed by atoms with van der Waals surface area (Å²) < 4.78 is 4.15. The molecule has 69 valence electrons. The molecule has 0 aromatic heterocycles. The fraction of sp³-hybridized carbons (Fsp3) is 0.273. The molecule has 0 bridgehead atoms. The Hall–Kier alpha value is -0.0617. The fourth-order valence-corrected chi connectivity index (χ4v) is 7.36. The van der Waals surface area contributed by atoms with Gasteiger partial charge in [-0.1, -0.05) is 0 Å². The van der Waals surface area contributed by atoms with Gasteiger partial charge in [-0.2, -0.15) is 0 Å². The first-order valence-corrected chi connectivity index (χ1v) is 8.36. The number of halogens is 1. The molecular weight excluding hydrogens is 264 g/mol. The van der Waals surface area contributed by atoms with Crippen molar-refractivity contribution in [3.63, 3.8) is 0 Å². The molecule has 0 aromatic rings. The zero-order valence-corrected chi connectivity index (χ0v) is 10.1. The van der Waals surface area contributed by atoms with Crippen LogP contribution in [0.4, 0.5) is 0 Å². The molecule has 0 heterocycles. The molecule has 0 saturated heterocycles. The van der Waals surface area contributed by atoms with Crippen LogP contribution in [-0.4, -0.2) is 4.27 Å². The summed E-state index contributed by atoms with van der Waals surface area (Å²) in [6.07, 6.45) is 15.7. The van der Waals surface area contributed by atoms with Crippen LogP contribution in [0.25, 0.3) is 0 Å². The summed E-state index contributed by atoms with van der Waals surface area (Å²) in [6.45, 7) is 0. The van der Waals surface area contributed by atoms with Crippen LogP contribution in [0.1, 0.15) is 12.8 Å². The minimum absolute atomic E-state index is 0.879. The molecule has 2 heteroatoms. The normalized spacial score (nSPS) is 19.8. The van der Waals surface area contributed by atoms with E-state index in [0.29, 0.717) is 0 Å². The average molecular weight is 276 g/mol. The quantitative estimate of drug-likeness (QED) is 0.546. The molecule has 0 radical (unpaired) electrons. The van der Waals surface area contributed by atoms with Crippen molar-refractivity contribution in [2.75, 3.05) is 4.27 Å². The summed E-state index contributed by atoms with van der Waals surface area (Å²) in [7, 11) is 0. The number of rotatable bonds is 3. The van der Waals surface area contributed by atoms with Crippen LogP contribution >= 0.6 is 11.6 Å². The molecule has 0 aromatic carbocycles. The van der Waals surface area contributed by atoms with E-state index in [4.69, 9.17) is 11.6 Å². The van der Waals surface area contributed by atoms with Crippen LogP contribution in [0.15, 0.2) is 44.4 Å². The minimum atomic E-state index is -1.27. The van der Waals surface area contributed by atoms with Crippen LogP contribution in [0.3, 0.4) is 0 Å². The van der Waals surface area contributed by atoms with Crippen LogP contribution < -0.4 is 0 Å². The molecule has 0 N–H and O–H groups in total. The Morgan fingerprint density at radius 3 is 1.92 bits per heavy atom. The van der Waals surface area contributed by atoms with Crippen LogP contribution in [0.2, 0.25) is 0 Å². The predicted octanol–water partition coefficient (Wildman–Crippen LogP) is 3.49. The van der Waals surface area contributed by atoms with Crippen LogP contribution in [0.5, 0.6) is 0 Å². The van der Waals surface area contributed by atoms with Crippen LogP contribution in [-0.2, 0) is 17.3 Å². The van der Waals surface area contributed by atoms with E-state index in [9.17, 15) is 0 Å². The zero-order chi connectivity index (χ0) is 9.10. The predicted molar refractivity (Wildman–Crippen MR) is 54.4 cm³/mol. The van der Waals surface area contributed by atoms with Gasteiger partial charge < -0.3 is 0 Å². The zero-order valence-electron chi connectivity index (χ0n) is 7.37. The van der Waals surface area contributed by atoms with Gasteiger partial charge in [-0.15, -0.1) is 0 Å². The SMILES string of the molecule is Cl[CH2][Mo]([C]1=CC=CC1)[C]1=CC=CC1. The Morgan fingerprint density at radius 1 is 1.08 bits per heavy atom. The maximum atomic E-state index is 6.07. The second-order valence-electron chi connectivity index (χ2n) is 3.03. The summed E-state index contributed by atoms with van der Waals surface area (Å²) in [5, 5.41) is 0. The van der Waals surface area contributed by atoms with Gasteiger partial charge in [0.25, 0.3) is 0 Å². The van der Waals surface area contributed by atoms with E-state index < -0.39 is 17.3 Å². The maximum absolute atomic E-state index is 6.07. The van der Waals surface area contributed by atoms with E-state index in [1.807, 2.05) is 0 Å². The summed E-state index contributed by atoms with van der Waals surface area (Å²) in [4.78, 5) is 0. The second-order valence-corrected chi connectivity index (χ2v) is 9.36. The van der Waals surface area contributed by atoms with E-state index in [1.165, 1.54) is 0 Å². The third-order valence-electron chi connectivity index (χ3n) is 2.22. The Bertz CT molecular complexity index is 280. The van der Waals surface area contributed by atoms with Gasteiger partial charge in [0.1, 0.15) is 0 Å². The van der Waals surface area contributed by atoms with Gasteiger partial charge >= 0.3 is 90.4 Å². The van der Waals surface area contributed by atoms with Crippen molar-refractivity contribution in [3.8, 4) is 0 Å². The molecule has 0 aliphatic heterocycles. The molecule has 0 nitrogen and oxygen atoms in total. The van der Waals surface area contributed by atoms with E-state index in [0.717, 1.165) is 17.1 Å². The van der Waals surface area contributed by atoms with E-state index in [-0.39, 0.29) is 0 Å². The van der Waals surface area contributed by atoms with Gasteiger partial charge in [0.2, 0.25) is 0 Å². The van der Waals surface area contributed by atoms with Gasteiger partial charge in [-0.25, -0.2) is 0 Å². The Morgan fingerprint density at radius 2 is 1.62 bits per heavy atom. The molecule has 0 unspecified atom stereocenters. The van der Waals surface area contributed by atoms with Crippen molar-refractivity contribution >= 4 is 11.6 Å². The second kappa shape index (κ2) is 4.44. The van der Waals surface area contributed by atoms with E-state index in [2.05, 4.69) is 36.5 Å². The molecular formula is C11H12ClMo. The topological polar surface area (TPSA) is 0 Å². The van der Waals surface area contributed by atoms with Crippen LogP contribution in [0, 0.1) is 0 Å². The Labute approximate surface area is 90.2 Å². The van der Waals surface area contributed by atoms with Gasteiger partial charge in [0, 0.05) is 0 Å². The Kier molecular flexibility index (Phi) is 3.24. The van der Waals surface area contributed by atoms with Crippen molar-refractivity contribution in [2.45, 2.75) is 12.8 Å². The summed E-state index contributed by atoms with van der Waals surface area (Å²) >= 11 is 4.79. The first-order chi connectivity index (χ1) is 6.42. The molecule has 2 aliphatic carbocycles. The third-order valence-corrected chi connectivity index (χ3v) is 8.64. The number of alkyl halides is 1. The molecule has 0 amide bonds. The van der Waals surface area contributed by atoms with Gasteiger partial charge in [0.15, 0.2) is 0 Å². The van der Waals surface area contributed by atoms with Crippen molar-refractivity contribution in [3.05, 3.63) is 44.4 Å². The summed E-state index contributed by atoms with van der Waals surface area (Å²) in [5.41, 5.74) is 0. The molecule has 0 spiro atoms. The Balaban J connectivity index is 2.09. The molecule has 0 fully saturated rings. The number of hydrogen-bond donors (Lipinski definition) is 0. The number of allylic oxidation sites excluding steroid dienone is 8. The van der Waals surface area contributed by atoms with Gasteiger partial charge in [-0.3, -0.25) is 0 Å². The first-order valence-electron chi connectivity index (χ1n) is 4.40. The summed E-state index contributed by atoms with van der Waals surface area (Å²) in [6, 6.07) is 0. The molecule has 0 saturated carbocycles. The number of hydrogen-bond acceptors (Lipinski definition) is 0. The average Bonchev–Trinajstić information content (AvgIpc) is 2.76. The van der Waals surface area contributed by atoms with Crippen molar-refractivity contribution < 1.29 is 17.3 Å². The third kappa shape index (κ3) is 2.06. The fourth-order valence-electron chi connectivity index (χ4n) is 1.53. The van der Waals surface area contributed by atoms with Crippen molar-refractivity contribution in [1.29, 1.82) is 0 Å². The van der Waals surface area contributed by atoms with E-state index >= 15 is 0 Å². The molecule has 13 heavy (non-hydrogen) atoms. The standard InChI is InChI=1S/2C5H5.CH2Cl.Mo/c2*1-2-4-5-3-1;1-2;/h2*1-3H,4H2;1H2;. The molecule has 2 aliphatic rings. The van der Waals surface area contributed by atoms with Gasteiger partial charge in [0.05, 0.1) is 0 Å². The van der Waals surface area contributed by atoms with Crippen molar-refractivity contribution in [2.24, 2.45) is 0 Å². The summed E-state index contributed by atoms with van der Waals surface area (Å²) in [5.74, 6) is 0. The van der Waals surface area contributed by atoms with E-state index in [1.54, 1.807) is 7.93 Å². The van der Waals surface area contributed by atoms with Gasteiger partial charge in [-0.05, 0) is 0 Å².